The van der Waals surface area contributed by atoms with Crippen molar-refractivity contribution < 1.29 is 4.79 Å². The average Bonchev–Trinajstić information content (AvgIpc) is 2.35. The summed E-state index contributed by atoms with van der Waals surface area (Å²) in [6, 6.07) is 14.6. The summed E-state index contributed by atoms with van der Waals surface area (Å²) in [7, 11) is 0. The zero-order chi connectivity index (χ0) is 13.8. The molecule has 98 valence electrons. The molecule has 1 nitrogen and oxygen atoms in total. The van der Waals surface area contributed by atoms with Gasteiger partial charge in [0, 0.05) is 10.0 Å². The van der Waals surface area contributed by atoms with Crippen LogP contribution < -0.4 is 0 Å². The highest BCUT2D eigenvalue weighted by Crippen LogP contribution is 2.26. The summed E-state index contributed by atoms with van der Waals surface area (Å²) in [6.45, 7) is 0. The van der Waals surface area contributed by atoms with Crippen LogP contribution in [0.3, 0.4) is 0 Å². The van der Waals surface area contributed by atoms with Gasteiger partial charge in [0.15, 0.2) is 0 Å². The van der Waals surface area contributed by atoms with E-state index in [-0.39, 0.29) is 0 Å². The highest BCUT2D eigenvalue weighted by Gasteiger charge is 2.19. The molecule has 2 aromatic rings. The Morgan fingerprint density at radius 2 is 1.63 bits per heavy atom. The molecule has 0 aliphatic carbocycles. The summed E-state index contributed by atoms with van der Waals surface area (Å²) in [5.41, 5.74) is 1.78. The van der Waals surface area contributed by atoms with E-state index >= 15 is 0 Å². The lowest BCUT2D eigenvalue weighted by atomic mass is 9.93. The van der Waals surface area contributed by atoms with Crippen LogP contribution >= 0.6 is 34.8 Å². The Labute approximate surface area is 127 Å². The summed E-state index contributed by atoms with van der Waals surface area (Å²) in [6.07, 6.45) is 0.503. The molecule has 19 heavy (non-hydrogen) atoms. The van der Waals surface area contributed by atoms with E-state index in [2.05, 4.69) is 0 Å². The van der Waals surface area contributed by atoms with Crippen LogP contribution in [-0.4, -0.2) is 5.24 Å². The van der Waals surface area contributed by atoms with Gasteiger partial charge in [-0.05, 0) is 53.4 Å². The monoisotopic (exact) mass is 312 g/mol. The lowest BCUT2D eigenvalue weighted by Gasteiger charge is -2.13. The van der Waals surface area contributed by atoms with Crippen molar-refractivity contribution in [2.45, 2.75) is 12.3 Å². The van der Waals surface area contributed by atoms with Gasteiger partial charge in [-0.1, -0.05) is 47.5 Å². The lowest BCUT2D eigenvalue weighted by molar-refractivity contribution is -0.113. The van der Waals surface area contributed by atoms with Crippen molar-refractivity contribution in [1.82, 2.24) is 0 Å². The van der Waals surface area contributed by atoms with E-state index in [4.69, 9.17) is 34.8 Å². The zero-order valence-corrected chi connectivity index (χ0v) is 12.2. The number of carbonyl (C=O) groups excluding carboxylic acids is 1. The van der Waals surface area contributed by atoms with Gasteiger partial charge in [-0.2, -0.15) is 0 Å². The van der Waals surface area contributed by atoms with Crippen LogP contribution in [0.25, 0.3) is 0 Å². The molecule has 2 aromatic carbocycles. The van der Waals surface area contributed by atoms with E-state index in [1.807, 2.05) is 30.3 Å². The second-order valence-corrected chi connectivity index (χ2v) is 5.49. The van der Waals surface area contributed by atoms with E-state index in [1.54, 1.807) is 18.2 Å². The predicted molar refractivity (Wildman–Crippen MR) is 80.2 cm³/mol. The van der Waals surface area contributed by atoms with Crippen LogP contribution in [0.15, 0.2) is 48.5 Å². The molecule has 0 heterocycles. The topological polar surface area (TPSA) is 17.1 Å². The highest BCUT2D eigenvalue weighted by molar-refractivity contribution is 6.64. The molecule has 0 bridgehead atoms. The van der Waals surface area contributed by atoms with Crippen molar-refractivity contribution in [3.8, 4) is 0 Å². The first kappa shape index (κ1) is 14.4. The van der Waals surface area contributed by atoms with Gasteiger partial charge in [0.2, 0.25) is 5.24 Å². The minimum Gasteiger partial charge on any atom is -0.281 e. The maximum atomic E-state index is 11.6. The predicted octanol–water partition coefficient (Wildman–Crippen LogP) is 5.09. The largest absolute Gasteiger partial charge is 0.281 e. The third kappa shape index (κ3) is 3.97. The molecular weight excluding hydrogens is 303 g/mol. The van der Waals surface area contributed by atoms with Crippen molar-refractivity contribution in [1.29, 1.82) is 0 Å². The molecule has 0 fully saturated rings. The van der Waals surface area contributed by atoms with Crippen LogP contribution in [0, 0.1) is 0 Å². The Morgan fingerprint density at radius 1 is 1.00 bits per heavy atom. The fraction of sp³-hybridized carbons (Fsp3) is 0.133. The molecule has 0 spiro atoms. The van der Waals surface area contributed by atoms with Crippen LogP contribution in [0.1, 0.15) is 17.0 Å². The van der Waals surface area contributed by atoms with Gasteiger partial charge in [0.05, 0.1) is 5.92 Å². The highest BCUT2D eigenvalue weighted by atomic mass is 35.5. The van der Waals surface area contributed by atoms with Gasteiger partial charge in [0.25, 0.3) is 0 Å². The van der Waals surface area contributed by atoms with Crippen LogP contribution in [0.2, 0.25) is 10.0 Å². The molecule has 0 aromatic heterocycles. The summed E-state index contributed by atoms with van der Waals surface area (Å²) < 4.78 is 0. The maximum Gasteiger partial charge on any atom is 0.229 e. The van der Waals surface area contributed by atoms with E-state index in [9.17, 15) is 4.79 Å². The quantitative estimate of drug-likeness (QED) is 0.719. The maximum absolute atomic E-state index is 11.6. The SMILES string of the molecule is O=C(Cl)C(Cc1cccc(Cl)c1)c1cccc(Cl)c1. The molecule has 0 saturated carbocycles. The van der Waals surface area contributed by atoms with E-state index in [0.29, 0.717) is 16.5 Å². The normalized spacial score (nSPS) is 12.2. The molecule has 2 rings (SSSR count). The van der Waals surface area contributed by atoms with Crippen molar-refractivity contribution in [2.24, 2.45) is 0 Å². The number of hydrogen-bond donors (Lipinski definition) is 0. The van der Waals surface area contributed by atoms with Crippen molar-refractivity contribution in [2.75, 3.05) is 0 Å². The molecule has 1 unspecified atom stereocenters. The van der Waals surface area contributed by atoms with Crippen LogP contribution in [0.5, 0.6) is 0 Å². The lowest BCUT2D eigenvalue weighted by Crippen LogP contribution is -2.10. The molecule has 0 radical (unpaired) electrons. The number of halogens is 3. The summed E-state index contributed by atoms with van der Waals surface area (Å²) in [5.74, 6) is -0.418. The van der Waals surface area contributed by atoms with E-state index in [0.717, 1.165) is 11.1 Å². The van der Waals surface area contributed by atoms with Crippen LogP contribution in [0.4, 0.5) is 0 Å². The molecule has 4 heteroatoms. The summed E-state index contributed by atoms with van der Waals surface area (Å²) in [4.78, 5) is 11.6. The fourth-order valence-corrected chi connectivity index (χ4v) is 2.57. The van der Waals surface area contributed by atoms with Gasteiger partial charge in [-0.3, -0.25) is 4.79 Å². The van der Waals surface area contributed by atoms with Gasteiger partial charge < -0.3 is 0 Å². The van der Waals surface area contributed by atoms with Gasteiger partial charge in [0.1, 0.15) is 0 Å². The molecule has 0 N–H and O–H groups in total. The first-order valence-electron chi connectivity index (χ1n) is 5.75. The fourth-order valence-electron chi connectivity index (χ4n) is 1.95. The van der Waals surface area contributed by atoms with E-state index < -0.39 is 11.2 Å². The van der Waals surface area contributed by atoms with Gasteiger partial charge >= 0.3 is 0 Å². The Bertz CT molecular complexity index is 595. The Hall–Kier alpha value is -1.02. The van der Waals surface area contributed by atoms with Gasteiger partial charge in [-0.25, -0.2) is 0 Å². The Balaban J connectivity index is 2.29. The molecular formula is C15H11Cl3O. The summed E-state index contributed by atoms with van der Waals surface area (Å²) >= 11 is 17.6. The van der Waals surface area contributed by atoms with Crippen molar-refractivity contribution >= 4 is 40.0 Å². The molecule has 0 amide bonds. The minimum absolute atomic E-state index is 0.401. The number of rotatable bonds is 4. The third-order valence-corrected chi connectivity index (χ3v) is 3.59. The second-order valence-electron chi connectivity index (χ2n) is 4.25. The molecule has 0 aliphatic heterocycles. The first-order chi connectivity index (χ1) is 9.06. The van der Waals surface area contributed by atoms with E-state index in [1.165, 1.54) is 0 Å². The van der Waals surface area contributed by atoms with Crippen molar-refractivity contribution in [3.63, 3.8) is 0 Å². The number of hydrogen-bond acceptors (Lipinski definition) is 1. The number of carbonyl (C=O) groups is 1. The third-order valence-electron chi connectivity index (χ3n) is 2.85. The second kappa shape index (κ2) is 6.42. The molecule has 0 saturated heterocycles. The van der Waals surface area contributed by atoms with Crippen molar-refractivity contribution in [3.05, 3.63) is 69.7 Å². The van der Waals surface area contributed by atoms with Crippen LogP contribution in [-0.2, 0) is 11.2 Å². The standard InChI is InChI=1S/C15H11Cl3O/c16-12-5-1-3-10(7-12)8-14(15(18)19)11-4-2-6-13(17)9-11/h1-7,9,14H,8H2. The minimum atomic E-state index is -0.418. The zero-order valence-electron chi connectivity index (χ0n) is 9.95. The molecule has 0 aliphatic rings. The average molecular weight is 314 g/mol. The first-order valence-corrected chi connectivity index (χ1v) is 6.89. The Kier molecular flexibility index (Phi) is 4.87. The molecule has 1 atom stereocenters. The van der Waals surface area contributed by atoms with Gasteiger partial charge in [-0.15, -0.1) is 0 Å². The smallest absolute Gasteiger partial charge is 0.229 e. The Morgan fingerprint density at radius 3 is 2.21 bits per heavy atom. The number of benzene rings is 2. The summed E-state index contributed by atoms with van der Waals surface area (Å²) in [5, 5.41) is 0.832.